The number of nitrogens with two attached hydrogens (primary N) is 1. The molecule has 138 valence electrons. The number of benzene rings is 1. The fourth-order valence-electron chi connectivity index (χ4n) is 3.04. The van der Waals surface area contributed by atoms with Gasteiger partial charge in [0, 0.05) is 13.1 Å². The molecule has 1 aliphatic rings. The van der Waals surface area contributed by atoms with Gasteiger partial charge in [-0.1, -0.05) is 23.9 Å². The molecule has 0 spiro atoms. The van der Waals surface area contributed by atoms with Gasteiger partial charge in [0.2, 0.25) is 17.0 Å². The van der Waals surface area contributed by atoms with E-state index in [1.807, 2.05) is 32.0 Å². The van der Waals surface area contributed by atoms with Gasteiger partial charge in [0.1, 0.15) is 0 Å². The lowest BCUT2D eigenvalue weighted by Crippen LogP contribution is -2.44. The summed E-state index contributed by atoms with van der Waals surface area (Å²) >= 11 is 1.29. The zero-order valence-electron chi connectivity index (χ0n) is 14.9. The lowest BCUT2D eigenvalue weighted by atomic mass is 9.97. The summed E-state index contributed by atoms with van der Waals surface area (Å²) in [5.74, 6) is -0.403. The largest absolute Gasteiger partial charge is 0.369 e. The minimum absolute atomic E-state index is 0.0311. The highest BCUT2D eigenvalue weighted by Crippen LogP contribution is 2.23. The third-order valence-electron chi connectivity index (χ3n) is 4.75. The molecule has 0 radical (unpaired) electrons. The van der Waals surface area contributed by atoms with Gasteiger partial charge in [-0.05, 0) is 54.3 Å². The van der Waals surface area contributed by atoms with E-state index in [4.69, 9.17) is 5.73 Å². The number of tetrazole rings is 1. The van der Waals surface area contributed by atoms with E-state index in [-0.39, 0.29) is 23.5 Å². The second-order valence-electron chi connectivity index (χ2n) is 6.46. The second-order valence-corrected chi connectivity index (χ2v) is 7.40. The highest BCUT2D eigenvalue weighted by atomic mass is 32.2. The number of thioether (sulfide) groups is 1. The van der Waals surface area contributed by atoms with Gasteiger partial charge < -0.3 is 10.6 Å². The van der Waals surface area contributed by atoms with Crippen LogP contribution in [-0.4, -0.2) is 55.8 Å². The summed E-state index contributed by atoms with van der Waals surface area (Å²) in [7, 11) is 0. The van der Waals surface area contributed by atoms with Crippen molar-refractivity contribution in [2.75, 3.05) is 18.8 Å². The molecule has 0 aliphatic carbocycles. The summed E-state index contributed by atoms with van der Waals surface area (Å²) in [5, 5.41) is 12.4. The van der Waals surface area contributed by atoms with Crippen molar-refractivity contribution in [1.29, 1.82) is 0 Å². The van der Waals surface area contributed by atoms with Gasteiger partial charge in [-0.3, -0.25) is 9.59 Å². The van der Waals surface area contributed by atoms with Crippen LogP contribution >= 0.6 is 11.8 Å². The molecule has 1 aliphatic heterocycles. The summed E-state index contributed by atoms with van der Waals surface area (Å²) in [4.78, 5) is 25.6. The molecular formula is C17H22N6O2S. The Bertz CT molecular complexity index is 821. The SMILES string of the molecule is Cc1cccc(-n2nnnc2SCC(=O)N2CCC[C@@H](C(N)=O)C2)c1C. The van der Waals surface area contributed by atoms with Crippen molar-refractivity contribution < 1.29 is 9.59 Å². The Balaban J connectivity index is 1.68. The summed E-state index contributed by atoms with van der Waals surface area (Å²) in [6.07, 6.45) is 1.54. The number of amides is 2. The van der Waals surface area contributed by atoms with Crippen LogP contribution < -0.4 is 5.73 Å². The average molecular weight is 374 g/mol. The molecule has 2 heterocycles. The molecule has 0 bridgehead atoms. The van der Waals surface area contributed by atoms with Crippen LogP contribution in [0, 0.1) is 19.8 Å². The topological polar surface area (TPSA) is 107 Å². The quantitative estimate of drug-likeness (QED) is 0.785. The van der Waals surface area contributed by atoms with Crippen LogP contribution in [0.2, 0.25) is 0 Å². The van der Waals surface area contributed by atoms with E-state index in [0.717, 1.165) is 29.7 Å². The number of likely N-dealkylation sites (tertiary alicyclic amines) is 1. The molecule has 1 fully saturated rings. The number of hydrogen-bond donors (Lipinski definition) is 1. The van der Waals surface area contributed by atoms with Gasteiger partial charge in [-0.2, -0.15) is 4.68 Å². The highest BCUT2D eigenvalue weighted by molar-refractivity contribution is 7.99. The van der Waals surface area contributed by atoms with E-state index in [0.29, 0.717) is 18.2 Å². The molecule has 2 N–H and O–H groups in total. The fourth-order valence-corrected chi connectivity index (χ4v) is 3.83. The first-order valence-electron chi connectivity index (χ1n) is 8.52. The summed E-state index contributed by atoms with van der Waals surface area (Å²) < 4.78 is 1.66. The van der Waals surface area contributed by atoms with Gasteiger partial charge in [0.15, 0.2) is 0 Å². The lowest BCUT2D eigenvalue weighted by molar-refractivity contribution is -0.132. The van der Waals surface area contributed by atoms with Crippen LogP contribution in [0.5, 0.6) is 0 Å². The van der Waals surface area contributed by atoms with E-state index in [9.17, 15) is 9.59 Å². The van der Waals surface area contributed by atoms with Crippen molar-refractivity contribution in [2.24, 2.45) is 11.7 Å². The number of rotatable bonds is 5. The first-order chi connectivity index (χ1) is 12.5. The highest BCUT2D eigenvalue weighted by Gasteiger charge is 2.27. The third-order valence-corrected chi connectivity index (χ3v) is 5.65. The van der Waals surface area contributed by atoms with Crippen molar-refractivity contribution in [3.8, 4) is 5.69 Å². The van der Waals surface area contributed by atoms with Crippen molar-refractivity contribution in [2.45, 2.75) is 31.8 Å². The summed E-state index contributed by atoms with van der Waals surface area (Å²) in [6.45, 7) is 5.11. The number of carbonyl (C=O) groups is 2. The van der Waals surface area contributed by atoms with E-state index in [1.165, 1.54) is 11.8 Å². The Kier molecular flexibility index (Phi) is 5.55. The molecule has 1 atom stereocenters. The van der Waals surface area contributed by atoms with Gasteiger partial charge in [0.05, 0.1) is 17.4 Å². The number of carbonyl (C=O) groups excluding carboxylic acids is 2. The van der Waals surface area contributed by atoms with E-state index < -0.39 is 0 Å². The molecule has 1 aromatic carbocycles. The zero-order chi connectivity index (χ0) is 18.7. The Morgan fingerprint density at radius 1 is 1.35 bits per heavy atom. The van der Waals surface area contributed by atoms with Gasteiger partial charge in [0.25, 0.3) is 0 Å². The molecule has 0 saturated carbocycles. The van der Waals surface area contributed by atoms with Crippen molar-refractivity contribution in [3.05, 3.63) is 29.3 Å². The van der Waals surface area contributed by atoms with Gasteiger partial charge in [-0.15, -0.1) is 5.10 Å². The van der Waals surface area contributed by atoms with Crippen LogP contribution in [0.4, 0.5) is 0 Å². The molecule has 9 heteroatoms. The minimum atomic E-state index is -0.339. The molecule has 3 rings (SSSR count). The minimum Gasteiger partial charge on any atom is -0.369 e. The Morgan fingerprint density at radius 2 is 2.15 bits per heavy atom. The molecule has 1 aromatic heterocycles. The fraction of sp³-hybridized carbons (Fsp3) is 0.471. The molecule has 2 aromatic rings. The first-order valence-corrected chi connectivity index (χ1v) is 9.50. The number of nitrogens with zero attached hydrogens (tertiary/aromatic N) is 5. The maximum atomic E-state index is 12.5. The molecule has 2 amide bonds. The summed E-state index contributed by atoms with van der Waals surface area (Å²) in [5.41, 5.74) is 8.52. The summed E-state index contributed by atoms with van der Waals surface area (Å²) in [6, 6.07) is 5.94. The van der Waals surface area contributed by atoms with Gasteiger partial charge >= 0.3 is 0 Å². The molecular weight excluding hydrogens is 352 g/mol. The Labute approximate surface area is 156 Å². The smallest absolute Gasteiger partial charge is 0.233 e. The van der Waals surface area contributed by atoms with Crippen LogP contribution in [0.3, 0.4) is 0 Å². The maximum absolute atomic E-state index is 12.5. The Morgan fingerprint density at radius 3 is 2.92 bits per heavy atom. The third kappa shape index (κ3) is 3.87. The van der Waals surface area contributed by atoms with Crippen LogP contribution in [0.25, 0.3) is 5.69 Å². The van der Waals surface area contributed by atoms with Crippen molar-refractivity contribution >= 4 is 23.6 Å². The predicted molar refractivity (Wildman–Crippen MR) is 97.9 cm³/mol. The number of aromatic nitrogens is 4. The molecule has 1 saturated heterocycles. The lowest BCUT2D eigenvalue weighted by Gasteiger charge is -2.31. The van der Waals surface area contributed by atoms with E-state index in [2.05, 4.69) is 15.5 Å². The van der Waals surface area contributed by atoms with E-state index in [1.54, 1.807) is 9.58 Å². The Hall–Kier alpha value is -2.42. The average Bonchev–Trinajstić information content (AvgIpc) is 3.10. The monoisotopic (exact) mass is 374 g/mol. The molecule has 0 unspecified atom stereocenters. The molecule has 26 heavy (non-hydrogen) atoms. The van der Waals surface area contributed by atoms with Crippen LogP contribution in [-0.2, 0) is 9.59 Å². The van der Waals surface area contributed by atoms with Crippen molar-refractivity contribution in [3.63, 3.8) is 0 Å². The number of primary amides is 1. The van der Waals surface area contributed by atoms with Crippen LogP contribution in [0.1, 0.15) is 24.0 Å². The number of hydrogen-bond acceptors (Lipinski definition) is 6. The number of aryl methyl sites for hydroxylation is 1. The van der Waals surface area contributed by atoms with Crippen molar-refractivity contribution in [1.82, 2.24) is 25.1 Å². The van der Waals surface area contributed by atoms with E-state index >= 15 is 0 Å². The van der Waals surface area contributed by atoms with Gasteiger partial charge in [-0.25, -0.2) is 0 Å². The van der Waals surface area contributed by atoms with Crippen LogP contribution in [0.15, 0.2) is 23.4 Å². The first kappa shape index (κ1) is 18.4. The number of piperidine rings is 1. The molecule has 8 nitrogen and oxygen atoms in total. The second kappa shape index (κ2) is 7.86. The standard InChI is InChI=1S/C17H22N6O2S/c1-11-5-3-7-14(12(11)2)23-17(19-20-21-23)26-10-15(24)22-8-4-6-13(9-22)16(18)25/h3,5,7,13H,4,6,8-10H2,1-2H3,(H2,18,25)/t13-/m1/s1. The normalized spacial score (nSPS) is 17.3. The predicted octanol–water partition coefficient (Wildman–Crippen LogP) is 1.10. The zero-order valence-corrected chi connectivity index (χ0v) is 15.7. The maximum Gasteiger partial charge on any atom is 0.233 e.